The van der Waals surface area contributed by atoms with E-state index >= 15 is 0 Å². The summed E-state index contributed by atoms with van der Waals surface area (Å²) in [6.07, 6.45) is 3.54. The molecule has 32 heavy (non-hydrogen) atoms. The first-order valence-corrected chi connectivity index (χ1v) is 11.2. The number of nitrogens with zero attached hydrogens (tertiary/aromatic N) is 2. The fourth-order valence-electron chi connectivity index (χ4n) is 4.43. The molecular formula is C25H28FN3O3. The molecule has 6 nitrogen and oxygen atoms in total. The van der Waals surface area contributed by atoms with Crippen molar-refractivity contribution in [2.24, 2.45) is 5.92 Å². The van der Waals surface area contributed by atoms with Crippen LogP contribution in [0.3, 0.4) is 0 Å². The summed E-state index contributed by atoms with van der Waals surface area (Å²) in [7, 11) is 0. The molecule has 2 unspecified atom stereocenters. The average molecular weight is 438 g/mol. The van der Waals surface area contributed by atoms with Crippen molar-refractivity contribution < 1.29 is 18.8 Å². The summed E-state index contributed by atoms with van der Waals surface area (Å²) in [6, 6.07) is 14.6. The molecule has 168 valence electrons. The van der Waals surface area contributed by atoms with E-state index in [9.17, 15) is 18.8 Å². The van der Waals surface area contributed by atoms with Gasteiger partial charge in [-0.2, -0.15) is 0 Å². The van der Waals surface area contributed by atoms with Crippen LogP contribution in [0, 0.1) is 11.7 Å². The van der Waals surface area contributed by atoms with E-state index in [-0.39, 0.29) is 36.5 Å². The van der Waals surface area contributed by atoms with Gasteiger partial charge in [0, 0.05) is 38.2 Å². The summed E-state index contributed by atoms with van der Waals surface area (Å²) < 4.78 is 13.2. The summed E-state index contributed by atoms with van der Waals surface area (Å²) in [4.78, 5) is 42.2. The van der Waals surface area contributed by atoms with Gasteiger partial charge in [-0.1, -0.05) is 30.3 Å². The molecule has 1 N–H and O–H groups in total. The number of amides is 3. The quantitative estimate of drug-likeness (QED) is 0.756. The SMILES string of the molecule is O=C(NC(Cc1ccccc1)C(=O)N1CCCCC1)C1CC(=O)N(c2ccc(F)cc2)C1. The lowest BCUT2D eigenvalue weighted by Gasteiger charge is -2.31. The Labute approximate surface area is 187 Å². The highest BCUT2D eigenvalue weighted by molar-refractivity contribution is 6.01. The van der Waals surface area contributed by atoms with Crippen molar-refractivity contribution in [3.05, 3.63) is 66.0 Å². The Morgan fingerprint density at radius 2 is 1.69 bits per heavy atom. The minimum atomic E-state index is -0.669. The molecule has 3 amide bonds. The third-order valence-corrected chi connectivity index (χ3v) is 6.20. The van der Waals surface area contributed by atoms with Crippen molar-refractivity contribution in [2.75, 3.05) is 24.5 Å². The molecule has 2 aliphatic heterocycles. The first-order valence-electron chi connectivity index (χ1n) is 11.2. The summed E-state index contributed by atoms with van der Waals surface area (Å²) in [5.74, 6) is -1.48. The van der Waals surface area contributed by atoms with Crippen molar-refractivity contribution in [3.63, 3.8) is 0 Å². The van der Waals surface area contributed by atoms with Crippen LogP contribution < -0.4 is 10.2 Å². The van der Waals surface area contributed by atoms with Crippen LogP contribution in [0.2, 0.25) is 0 Å². The third-order valence-electron chi connectivity index (χ3n) is 6.20. The van der Waals surface area contributed by atoms with Gasteiger partial charge in [0.15, 0.2) is 0 Å². The van der Waals surface area contributed by atoms with Gasteiger partial charge >= 0.3 is 0 Å². The molecule has 4 rings (SSSR count). The highest BCUT2D eigenvalue weighted by atomic mass is 19.1. The van der Waals surface area contributed by atoms with Gasteiger partial charge in [0.1, 0.15) is 11.9 Å². The van der Waals surface area contributed by atoms with Crippen LogP contribution >= 0.6 is 0 Å². The van der Waals surface area contributed by atoms with Gasteiger partial charge in [-0.15, -0.1) is 0 Å². The smallest absolute Gasteiger partial charge is 0.245 e. The van der Waals surface area contributed by atoms with Gasteiger partial charge in [0.05, 0.1) is 5.92 Å². The lowest BCUT2D eigenvalue weighted by molar-refractivity contribution is -0.138. The fraction of sp³-hybridized carbons (Fsp3) is 0.400. The molecule has 0 bridgehead atoms. The maximum Gasteiger partial charge on any atom is 0.245 e. The predicted molar refractivity (Wildman–Crippen MR) is 119 cm³/mol. The first-order chi connectivity index (χ1) is 15.5. The van der Waals surface area contributed by atoms with E-state index < -0.39 is 12.0 Å². The van der Waals surface area contributed by atoms with E-state index in [0.717, 1.165) is 24.8 Å². The number of carbonyl (C=O) groups is 3. The number of carbonyl (C=O) groups excluding carboxylic acids is 3. The van der Waals surface area contributed by atoms with Gasteiger partial charge < -0.3 is 15.1 Å². The Morgan fingerprint density at radius 3 is 2.38 bits per heavy atom. The van der Waals surface area contributed by atoms with E-state index in [2.05, 4.69) is 5.32 Å². The Morgan fingerprint density at radius 1 is 1.00 bits per heavy atom. The van der Waals surface area contributed by atoms with E-state index in [1.165, 1.54) is 29.2 Å². The lowest BCUT2D eigenvalue weighted by atomic mass is 10.0. The minimum absolute atomic E-state index is 0.0679. The number of benzene rings is 2. The first kappa shape index (κ1) is 22.0. The summed E-state index contributed by atoms with van der Waals surface area (Å²) in [5, 5.41) is 2.94. The fourth-order valence-corrected chi connectivity index (χ4v) is 4.43. The van der Waals surface area contributed by atoms with Crippen LogP contribution in [-0.2, 0) is 20.8 Å². The van der Waals surface area contributed by atoms with Crippen LogP contribution in [0.5, 0.6) is 0 Å². The number of halogens is 1. The summed E-state index contributed by atoms with van der Waals surface area (Å²) in [5.41, 5.74) is 1.54. The minimum Gasteiger partial charge on any atom is -0.344 e. The number of likely N-dealkylation sites (tertiary alicyclic amines) is 1. The van der Waals surface area contributed by atoms with Crippen molar-refractivity contribution in [1.82, 2.24) is 10.2 Å². The van der Waals surface area contributed by atoms with Crippen molar-refractivity contribution in [3.8, 4) is 0 Å². The predicted octanol–water partition coefficient (Wildman–Crippen LogP) is 2.92. The molecule has 2 aliphatic rings. The second-order valence-electron chi connectivity index (χ2n) is 8.52. The maximum atomic E-state index is 13.2. The Balaban J connectivity index is 1.46. The molecule has 2 aromatic carbocycles. The topological polar surface area (TPSA) is 69.7 Å². The molecule has 0 aliphatic carbocycles. The van der Waals surface area contributed by atoms with Gasteiger partial charge in [-0.05, 0) is 49.1 Å². The zero-order valence-electron chi connectivity index (χ0n) is 18.0. The Hall–Kier alpha value is -3.22. The van der Waals surface area contributed by atoms with Gasteiger partial charge in [0.25, 0.3) is 0 Å². The number of hydrogen-bond donors (Lipinski definition) is 1. The molecule has 0 aromatic heterocycles. The summed E-state index contributed by atoms with van der Waals surface area (Å²) >= 11 is 0. The maximum absolute atomic E-state index is 13.2. The molecule has 0 spiro atoms. The molecular weight excluding hydrogens is 409 g/mol. The normalized spacial score (nSPS) is 19.7. The largest absolute Gasteiger partial charge is 0.344 e. The van der Waals surface area contributed by atoms with Crippen LogP contribution in [0.15, 0.2) is 54.6 Å². The van der Waals surface area contributed by atoms with Crippen molar-refractivity contribution in [2.45, 2.75) is 38.1 Å². The third kappa shape index (κ3) is 5.15. The zero-order valence-corrected chi connectivity index (χ0v) is 18.0. The molecule has 7 heteroatoms. The molecule has 2 heterocycles. The van der Waals surface area contributed by atoms with E-state index in [0.29, 0.717) is 25.2 Å². The second kappa shape index (κ2) is 9.94. The van der Waals surface area contributed by atoms with Crippen molar-refractivity contribution >= 4 is 23.4 Å². The Kier molecular flexibility index (Phi) is 6.83. The van der Waals surface area contributed by atoms with Gasteiger partial charge in [0.2, 0.25) is 17.7 Å². The lowest BCUT2D eigenvalue weighted by Crippen LogP contribution is -2.52. The van der Waals surface area contributed by atoms with Crippen LogP contribution in [0.1, 0.15) is 31.2 Å². The van der Waals surface area contributed by atoms with Gasteiger partial charge in [-0.25, -0.2) is 4.39 Å². The second-order valence-corrected chi connectivity index (χ2v) is 8.52. The molecule has 0 radical (unpaired) electrons. The number of hydrogen-bond acceptors (Lipinski definition) is 3. The molecule has 2 fully saturated rings. The van der Waals surface area contributed by atoms with Crippen molar-refractivity contribution in [1.29, 1.82) is 0 Å². The van der Waals surface area contributed by atoms with Crippen LogP contribution in [-0.4, -0.2) is 48.3 Å². The van der Waals surface area contributed by atoms with Crippen LogP contribution in [0.4, 0.5) is 10.1 Å². The van der Waals surface area contributed by atoms with Crippen LogP contribution in [0.25, 0.3) is 0 Å². The monoisotopic (exact) mass is 437 g/mol. The number of anilines is 1. The number of piperidine rings is 1. The molecule has 2 atom stereocenters. The average Bonchev–Trinajstić information content (AvgIpc) is 3.21. The highest BCUT2D eigenvalue weighted by Gasteiger charge is 2.37. The number of rotatable bonds is 6. The van der Waals surface area contributed by atoms with E-state index in [4.69, 9.17) is 0 Å². The molecule has 2 aromatic rings. The van der Waals surface area contributed by atoms with E-state index in [1.807, 2.05) is 35.2 Å². The standard InChI is InChI=1S/C25H28FN3O3/c26-20-9-11-21(12-10-20)29-17-19(16-23(29)30)24(31)27-22(15-18-7-3-1-4-8-18)25(32)28-13-5-2-6-14-28/h1,3-4,7-12,19,22H,2,5-6,13-17H2,(H,27,31). The number of nitrogens with one attached hydrogen (secondary N) is 1. The van der Waals surface area contributed by atoms with E-state index in [1.54, 1.807) is 0 Å². The highest BCUT2D eigenvalue weighted by Crippen LogP contribution is 2.25. The van der Waals surface area contributed by atoms with Gasteiger partial charge in [-0.3, -0.25) is 14.4 Å². The zero-order chi connectivity index (χ0) is 22.5. The Bertz CT molecular complexity index is 958. The molecule has 0 saturated carbocycles. The molecule has 2 saturated heterocycles. The summed E-state index contributed by atoms with van der Waals surface area (Å²) in [6.45, 7) is 1.63.